The summed E-state index contributed by atoms with van der Waals surface area (Å²) in [4.78, 5) is 21.6. The van der Waals surface area contributed by atoms with E-state index in [0.717, 1.165) is 69.9 Å². The zero-order valence-corrected chi connectivity index (χ0v) is 23.3. The molecule has 40 heavy (non-hydrogen) atoms. The van der Waals surface area contributed by atoms with Gasteiger partial charge in [0.25, 0.3) is 0 Å². The zero-order chi connectivity index (χ0) is 27.5. The third-order valence-electron chi connectivity index (χ3n) is 8.27. The smallest absolute Gasteiger partial charge is 0.311 e. The van der Waals surface area contributed by atoms with E-state index in [2.05, 4.69) is 68.7 Å². The molecular formula is C33H38N4O3. The Labute approximate surface area is 236 Å². The highest BCUT2D eigenvalue weighted by molar-refractivity contribution is 5.94. The van der Waals surface area contributed by atoms with E-state index in [1.807, 2.05) is 18.3 Å². The second-order valence-corrected chi connectivity index (χ2v) is 11.0. The minimum absolute atomic E-state index is 0.0109. The van der Waals surface area contributed by atoms with Crippen molar-refractivity contribution in [3.63, 3.8) is 0 Å². The number of aromatic nitrogens is 2. The van der Waals surface area contributed by atoms with E-state index < -0.39 is 0 Å². The Kier molecular flexibility index (Phi) is 7.84. The fourth-order valence-electron chi connectivity index (χ4n) is 6.24. The lowest BCUT2D eigenvalue weighted by Crippen LogP contribution is -2.47. The summed E-state index contributed by atoms with van der Waals surface area (Å²) in [6, 6.07) is 19.0. The molecule has 2 aliphatic rings. The van der Waals surface area contributed by atoms with Crippen LogP contribution in [-0.4, -0.2) is 64.9 Å². The molecule has 1 saturated heterocycles. The summed E-state index contributed by atoms with van der Waals surface area (Å²) in [6.07, 6.45) is 5.79. The molecule has 4 heterocycles. The van der Waals surface area contributed by atoms with Crippen LogP contribution in [0.3, 0.4) is 0 Å². The maximum absolute atomic E-state index is 12.0. The molecule has 0 saturated carbocycles. The van der Waals surface area contributed by atoms with Gasteiger partial charge in [-0.3, -0.25) is 9.69 Å². The summed E-state index contributed by atoms with van der Waals surface area (Å²) in [5.74, 6) is 1.32. The number of aliphatic hydroxyl groups excluding tert-OH is 1. The summed E-state index contributed by atoms with van der Waals surface area (Å²) in [6.45, 7) is 8.20. The van der Waals surface area contributed by atoms with Gasteiger partial charge in [0.2, 0.25) is 0 Å². The fourth-order valence-corrected chi connectivity index (χ4v) is 6.24. The molecule has 0 atom stereocenters. The molecule has 0 radical (unpaired) electrons. The number of esters is 1. The first-order valence-electron chi connectivity index (χ1n) is 14.6. The third-order valence-corrected chi connectivity index (χ3v) is 8.27. The van der Waals surface area contributed by atoms with Crippen LogP contribution in [0, 0.1) is 6.92 Å². The highest BCUT2D eigenvalue weighted by atomic mass is 16.5. The molecule has 0 unspecified atom stereocenters. The summed E-state index contributed by atoms with van der Waals surface area (Å²) < 4.78 is 8.01. The molecule has 1 N–H and O–H groups in total. The summed E-state index contributed by atoms with van der Waals surface area (Å²) in [5, 5.41) is 10.4. The summed E-state index contributed by atoms with van der Waals surface area (Å²) >= 11 is 0. The number of rotatable bonds is 9. The molecular weight excluding hydrogens is 500 g/mol. The number of benzene rings is 2. The first-order chi connectivity index (χ1) is 19.6. The van der Waals surface area contributed by atoms with Crippen LogP contribution in [0.2, 0.25) is 0 Å². The number of aryl methyl sites for hydroxylation is 3. The predicted octanol–water partition coefficient (Wildman–Crippen LogP) is 5.00. The van der Waals surface area contributed by atoms with Crippen LogP contribution in [0.5, 0.6) is 5.75 Å². The molecule has 0 amide bonds. The quantitative estimate of drug-likeness (QED) is 0.239. The number of piperazine rings is 1. The maximum Gasteiger partial charge on any atom is 0.311 e. The van der Waals surface area contributed by atoms with Crippen molar-refractivity contribution < 1.29 is 14.6 Å². The van der Waals surface area contributed by atoms with Crippen LogP contribution in [0.1, 0.15) is 36.0 Å². The van der Waals surface area contributed by atoms with Crippen molar-refractivity contribution in [1.29, 1.82) is 0 Å². The summed E-state index contributed by atoms with van der Waals surface area (Å²) in [7, 11) is 0. The van der Waals surface area contributed by atoms with E-state index in [1.54, 1.807) is 0 Å². The van der Waals surface area contributed by atoms with Crippen LogP contribution in [0.25, 0.3) is 22.2 Å². The van der Waals surface area contributed by atoms with Crippen molar-refractivity contribution in [2.45, 2.75) is 45.6 Å². The minimum Gasteiger partial charge on any atom is -0.427 e. The summed E-state index contributed by atoms with van der Waals surface area (Å²) in [5.41, 5.74) is 7.93. The normalized spacial score (nSPS) is 15.5. The number of hydrogen-bond acceptors (Lipinski definition) is 6. The van der Waals surface area contributed by atoms with E-state index >= 15 is 0 Å². The Hall–Kier alpha value is -3.68. The largest absolute Gasteiger partial charge is 0.427 e. The highest BCUT2D eigenvalue weighted by Crippen LogP contribution is 2.39. The lowest BCUT2D eigenvalue weighted by atomic mass is 10.00. The Morgan fingerprint density at radius 2 is 1.85 bits per heavy atom. The van der Waals surface area contributed by atoms with Crippen LogP contribution in [0.15, 0.2) is 60.8 Å². The van der Waals surface area contributed by atoms with Gasteiger partial charge in [0.05, 0.1) is 11.2 Å². The van der Waals surface area contributed by atoms with Gasteiger partial charge in [-0.1, -0.05) is 18.2 Å². The first kappa shape index (κ1) is 26.5. The van der Waals surface area contributed by atoms with Crippen molar-refractivity contribution in [3.05, 3.63) is 77.5 Å². The molecule has 0 bridgehead atoms. The maximum atomic E-state index is 12.0. The van der Waals surface area contributed by atoms with Gasteiger partial charge in [-0.05, 0) is 91.3 Å². The molecule has 1 fully saturated rings. The average molecular weight is 539 g/mol. The highest BCUT2D eigenvalue weighted by Gasteiger charge is 2.24. The van der Waals surface area contributed by atoms with Crippen molar-refractivity contribution in [2.24, 2.45) is 0 Å². The van der Waals surface area contributed by atoms with Gasteiger partial charge in [0.15, 0.2) is 0 Å². The van der Waals surface area contributed by atoms with Crippen LogP contribution in [-0.2, 0) is 24.2 Å². The number of hydrogen-bond donors (Lipinski definition) is 1. The molecule has 2 aromatic carbocycles. The van der Waals surface area contributed by atoms with Crippen LogP contribution >= 0.6 is 0 Å². The molecule has 7 heteroatoms. The monoisotopic (exact) mass is 538 g/mol. The van der Waals surface area contributed by atoms with E-state index in [1.165, 1.54) is 33.3 Å². The van der Waals surface area contributed by atoms with Gasteiger partial charge >= 0.3 is 5.97 Å². The molecule has 0 aliphatic carbocycles. The topological polar surface area (TPSA) is 70.8 Å². The van der Waals surface area contributed by atoms with Gasteiger partial charge in [0.1, 0.15) is 11.6 Å². The number of nitrogens with zero attached hydrogens (tertiary/aromatic N) is 4. The van der Waals surface area contributed by atoms with Gasteiger partial charge in [0, 0.05) is 63.9 Å². The SMILES string of the molecule is Cc1ccnc(N2CCN(CCc3c(-c4ccc(OC(=O)CCCO)cc4)n4c5c(cccc35)CCC4)CC2)c1. The Morgan fingerprint density at radius 3 is 2.62 bits per heavy atom. The third kappa shape index (κ3) is 5.49. The molecule has 208 valence electrons. The number of aliphatic hydroxyl groups is 1. The zero-order valence-electron chi connectivity index (χ0n) is 23.3. The van der Waals surface area contributed by atoms with Crippen LogP contribution in [0.4, 0.5) is 5.82 Å². The second kappa shape index (κ2) is 11.8. The number of ether oxygens (including phenoxy) is 1. The van der Waals surface area contributed by atoms with Crippen molar-refractivity contribution in [1.82, 2.24) is 14.5 Å². The average Bonchev–Trinajstić information content (AvgIpc) is 3.30. The molecule has 2 aliphatic heterocycles. The predicted molar refractivity (Wildman–Crippen MR) is 159 cm³/mol. The number of anilines is 1. The number of carbonyl (C=O) groups excluding carboxylic acids is 1. The number of pyridine rings is 1. The first-order valence-corrected chi connectivity index (χ1v) is 14.6. The van der Waals surface area contributed by atoms with Gasteiger partial charge in [-0.15, -0.1) is 0 Å². The molecule has 7 nitrogen and oxygen atoms in total. The Morgan fingerprint density at radius 1 is 1.02 bits per heavy atom. The standard InChI is InChI=1S/C33H38N4O3/c1-24-13-15-34-30(23-24)36-20-18-35(19-21-36)17-14-29-28-7-2-5-25-6-3-16-37(32(25)28)33(29)26-9-11-27(12-10-26)40-31(39)8-4-22-38/h2,5,7,9-13,15,23,38H,3-4,6,8,14,16-22H2,1H3. The molecule has 0 spiro atoms. The van der Waals surface area contributed by atoms with E-state index in [9.17, 15) is 4.79 Å². The van der Waals surface area contributed by atoms with E-state index in [-0.39, 0.29) is 19.0 Å². The lowest BCUT2D eigenvalue weighted by molar-refractivity contribution is -0.134. The minimum atomic E-state index is -0.311. The van der Waals surface area contributed by atoms with Gasteiger partial charge in [-0.2, -0.15) is 0 Å². The fraction of sp³-hybridized carbons (Fsp3) is 0.394. The number of para-hydroxylation sites is 1. The molecule has 6 rings (SSSR count). The second-order valence-electron chi connectivity index (χ2n) is 11.0. The van der Waals surface area contributed by atoms with E-state index in [0.29, 0.717) is 12.2 Å². The Bertz CT molecular complexity index is 1490. The Balaban J connectivity index is 1.22. The van der Waals surface area contributed by atoms with Crippen molar-refractivity contribution >= 4 is 22.7 Å². The van der Waals surface area contributed by atoms with Gasteiger partial charge < -0.3 is 19.3 Å². The number of carbonyl (C=O) groups is 1. The van der Waals surface area contributed by atoms with Crippen molar-refractivity contribution in [3.8, 4) is 17.0 Å². The van der Waals surface area contributed by atoms with Crippen LogP contribution < -0.4 is 9.64 Å². The van der Waals surface area contributed by atoms with Gasteiger partial charge in [-0.25, -0.2) is 4.98 Å². The lowest BCUT2D eigenvalue weighted by Gasteiger charge is -2.35. The molecule has 4 aromatic rings. The molecule has 2 aromatic heterocycles. The van der Waals surface area contributed by atoms with Crippen molar-refractivity contribution in [2.75, 3.05) is 44.2 Å². The van der Waals surface area contributed by atoms with E-state index in [4.69, 9.17) is 9.84 Å².